The van der Waals surface area contributed by atoms with Crippen molar-refractivity contribution in [3.05, 3.63) is 86.1 Å². The summed E-state index contributed by atoms with van der Waals surface area (Å²) in [5, 5.41) is 6.25. The fraction of sp³-hybridized carbons (Fsp3) is 0.179. The molecule has 0 amide bonds. The molecule has 0 saturated carbocycles. The van der Waals surface area contributed by atoms with Crippen LogP contribution in [0.3, 0.4) is 0 Å². The summed E-state index contributed by atoms with van der Waals surface area (Å²) in [5.74, 6) is 1.87. The number of aromatic nitrogens is 2. The second-order valence-electron chi connectivity index (χ2n) is 8.44. The maximum absolute atomic E-state index is 13.6. The molecule has 188 valence electrons. The third kappa shape index (κ3) is 4.86. The molecule has 0 bridgehead atoms. The number of benzene rings is 3. The van der Waals surface area contributed by atoms with E-state index in [4.69, 9.17) is 30.5 Å². The summed E-state index contributed by atoms with van der Waals surface area (Å²) in [7, 11) is 1.60. The number of hydrogen-bond acceptors (Lipinski definition) is 6. The second kappa shape index (κ2) is 10.4. The summed E-state index contributed by atoms with van der Waals surface area (Å²) in [6, 6.07) is 17.9. The van der Waals surface area contributed by atoms with E-state index in [1.165, 1.54) is 4.68 Å². The maximum atomic E-state index is 13.6. The van der Waals surface area contributed by atoms with Crippen molar-refractivity contribution >= 4 is 55.6 Å². The Hall–Kier alpha value is -3.62. The van der Waals surface area contributed by atoms with Gasteiger partial charge < -0.3 is 13.9 Å². The molecule has 5 rings (SSSR count). The van der Waals surface area contributed by atoms with E-state index in [-0.39, 0.29) is 17.5 Å². The lowest BCUT2D eigenvalue weighted by molar-refractivity contribution is 0.215. The Morgan fingerprint density at radius 3 is 2.76 bits per heavy atom. The molecule has 2 heterocycles. The van der Waals surface area contributed by atoms with E-state index in [9.17, 15) is 4.79 Å². The molecule has 1 atom stereocenters. The van der Waals surface area contributed by atoms with Crippen molar-refractivity contribution in [1.29, 1.82) is 0 Å². The first-order chi connectivity index (χ1) is 17.9. The zero-order valence-corrected chi connectivity index (χ0v) is 22.7. The fourth-order valence-electron chi connectivity index (χ4n) is 3.92. The van der Waals surface area contributed by atoms with Crippen LogP contribution >= 0.6 is 27.5 Å². The molecular weight excluding hydrogens is 558 g/mol. The Kier molecular flexibility index (Phi) is 7.04. The van der Waals surface area contributed by atoms with Crippen LogP contribution in [-0.2, 0) is 0 Å². The van der Waals surface area contributed by atoms with Crippen LogP contribution in [-0.4, -0.2) is 29.1 Å². The predicted molar refractivity (Wildman–Crippen MR) is 150 cm³/mol. The third-order valence-corrected chi connectivity index (χ3v) is 6.77. The molecule has 0 spiro atoms. The van der Waals surface area contributed by atoms with Crippen LogP contribution in [0.1, 0.15) is 25.8 Å². The fourth-order valence-corrected chi connectivity index (χ4v) is 4.85. The van der Waals surface area contributed by atoms with E-state index in [2.05, 4.69) is 21.0 Å². The summed E-state index contributed by atoms with van der Waals surface area (Å²) >= 11 is 9.86. The minimum atomic E-state index is -0.338. The topological polar surface area (TPSA) is 78.8 Å². The molecule has 0 radical (unpaired) electrons. The summed E-state index contributed by atoms with van der Waals surface area (Å²) in [4.78, 5) is 18.3. The average Bonchev–Trinajstić information content (AvgIpc) is 3.34. The van der Waals surface area contributed by atoms with Gasteiger partial charge in [-0.1, -0.05) is 36.7 Å². The third-order valence-electron chi connectivity index (χ3n) is 5.96. The van der Waals surface area contributed by atoms with E-state index in [0.29, 0.717) is 48.8 Å². The Morgan fingerprint density at radius 2 is 1.97 bits per heavy atom. The van der Waals surface area contributed by atoms with Gasteiger partial charge in [-0.2, -0.15) is 9.78 Å². The molecule has 7 nitrogen and oxygen atoms in total. The first-order valence-electron chi connectivity index (χ1n) is 11.7. The monoisotopic (exact) mass is 579 g/mol. The van der Waals surface area contributed by atoms with Gasteiger partial charge in [0.1, 0.15) is 17.1 Å². The van der Waals surface area contributed by atoms with Gasteiger partial charge in [0.05, 0.1) is 40.2 Å². The van der Waals surface area contributed by atoms with E-state index < -0.39 is 0 Å². The molecule has 9 heteroatoms. The number of halogens is 2. The van der Waals surface area contributed by atoms with Gasteiger partial charge >= 0.3 is 0 Å². The predicted octanol–water partition coefficient (Wildman–Crippen LogP) is 7.29. The highest BCUT2D eigenvalue weighted by Gasteiger charge is 2.18. The lowest BCUT2D eigenvalue weighted by atomic mass is 10.2. The Morgan fingerprint density at radius 1 is 1.16 bits per heavy atom. The number of hydrogen-bond donors (Lipinski definition) is 0. The zero-order valence-electron chi connectivity index (χ0n) is 20.4. The molecule has 0 unspecified atom stereocenters. The molecule has 0 fully saturated rings. The van der Waals surface area contributed by atoms with Crippen LogP contribution in [0.15, 0.2) is 79.4 Å². The van der Waals surface area contributed by atoms with E-state index in [1.807, 2.05) is 38.1 Å². The number of rotatable bonds is 7. The molecular formula is C28H23BrClN3O4. The van der Waals surface area contributed by atoms with Crippen molar-refractivity contribution in [1.82, 2.24) is 9.66 Å². The largest absolute Gasteiger partial charge is 0.496 e. The second-order valence-corrected chi connectivity index (χ2v) is 9.73. The number of ether oxygens (including phenoxy) is 2. The van der Waals surface area contributed by atoms with Gasteiger partial charge in [0.25, 0.3) is 5.56 Å². The van der Waals surface area contributed by atoms with Crippen LogP contribution < -0.4 is 15.0 Å². The zero-order chi connectivity index (χ0) is 26.1. The molecule has 0 aliphatic heterocycles. The summed E-state index contributed by atoms with van der Waals surface area (Å²) in [5.41, 5.74) is 1.41. The number of methoxy groups -OCH3 is 1. The van der Waals surface area contributed by atoms with Gasteiger partial charge in [0, 0.05) is 10.6 Å². The molecule has 37 heavy (non-hydrogen) atoms. The van der Waals surface area contributed by atoms with E-state index in [0.717, 1.165) is 11.8 Å². The van der Waals surface area contributed by atoms with Crippen LogP contribution in [0.25, 0.3) is 33.5 Å². The SMILES string of the molecule is CC[C@H](C)Oc1c(Br)cc(Cl)cc1C=Nn1c(-c2cc3c(OC)cccc3o2)nc2ccccc2c1=O. The first-order valence-corrected chi connectivity index (χ1v) is 12.9. The van der Waals surface area contributed by atoms with Gasteiger partial charge in [-0.05, 0) is 71.7 Å². The van der Waals surface area contributed by atoms with Crippen molar-refractivity contribution in [3.63, 3.8) is 0 Å². The Bertz CT molecular complexity index is 1710. The highest BCUT2D eigenvalue weighted by molar-refractivity contribution is 9.10. The lowest BCUT2D eigenvalue weighted by Crippen LogP contribution is -2.20. The molecule has 0 N–H and O–H groups in total. The standard InChI is InChI=1S/C28H23BrClN3O4/c1-4-16(2)36-26-17(12-18(30)13-21(26)29)15-31-33-27(32-22-9-6-5-8-19(22)28(33)34)25-14-20-23(35-3)10-7-11-24(20)37-25/h5-16H,4H2,1-3H3/t16-/m0/s1. The van der Waals surface area contributed by atoms with Gasteiger partial charge in [0.2, 0.25) is 5.82 Å². The molecule has 3 aromatic carbocycles. The Labute approximate surface area is 226 Å². The Balaban J connectivity index is 1.72. The highest BCUT2D eigenvalue weighted by Crippen LogP contribution is 2.34. The molecule has 5 aromatic rings. The van der Waals surface area contributed by atoms with Gasteiger partial charge in [-0.25, -0.2) is 4.98 Å². The number of fused-ring (bicyclic) bond motifs is 2. The van der Waals surface area contributed by atoms with Gasteiger partial charge in [0.15, 0.2) is 5.76 Å². The van der Waals surface area contributed by atoms with Gasteiger partial charge in [-0.15, -0.1) is 0 Å². The van der Waals surface area contributed by atoms with Crippen LogP contribution in [0.5, 0.6) is 11.5 Å². The molecule has 0 saturated heterocycles. The molecule has 0 aliphatic rings. The van der Waals surface area contributed by atoms with Crippen molar-refractivity contribution < 1.29 is 13.9 Å². The number of furan rings is 1. The number of para-hydroxylation sites is 1. The first kappa shape index (κ1) is 25.0. The van der Waals surface area contributed by atoms with Crippen molar-refractivity contribution in [2.75, 3.05) is 7.11 Å². The quantitative estimate of drug-likeness (QED) is 0.189. The molecule has 2 aromatic heterocycles. The van der Waals surface area contributed by atoms with E-state index in [1.54, 1.807) is 49.7 Å². The maximum Gasteiger partial charge on any atom is 0.282 e. The van der Waals surface area contributed by atoms with Crippen molar-refractivity contribution in [3.8, 4) is 23.1 Å². The minimum Gasteiger partial charge on any atom is -0.496 e. The summed E-state index contributed by atoms with van der Waals surface area (Å²) in [6.07, 6.45) is 2.33. The lowest BCUT2D eigenvalue weighted by Gasteiger charge is -2.16. The highest BCUT2D eigenvalue weighted by atomic mass is 79.9. The van der Waals surface area contributed by atoms with E-state index >= 15 is 0 Å². The summed E-state index contributed by atoms with van der Waals surface area (Å²) in [6.45, 7) is 4.02. The van der Waals surface area contributed by atoms with Gasteiger partial charge in [-0.3, -0.25) is 4.79 Å². The smallest absolute Gasteiger partial charge is 0.282 e. The normalized spacial score (nSPS) is 12.5. The average molecular weight is 581 g/mol. The number of nitrogens with zero attached hydrogens (tertiary/aromatic N) is 3. The summed E-state index contributed by atoms with van der Waals surface area (Å²) < 4.78 is 19.6. The van der Waals surface area contributed by atoms with Crippen molar-refractivity contribution in [2.45, 2.75) is 26.4 Å². The minimum absolute atomic E-state index is 0.0317. The van der Waals surface area contributed by atoms with Crippen LogP contribution in [0.4, 0.5) is 0 Å². The van der Waals surface area contributed by atoms with Crippen LogP contribution in [0, 0.1) is 0 Å². The molecule has 0 aliphatic carbocycles. The van der Waals surface area contributed by atoms with Crippen LogP contribution in [0.2, 0.25) is 5.02 Å². The van der Waals surface area contributed by atoms with Crippen molar-refractivity contribution in [2.24, 2.45) is 5.10 Å².